The van der Waals surface area contributed by atoms with Crippen molar-refractivity contribution in [2.24, 2.45) is 0 Å². The van der Waals surface area contributed by atoms with Crippen LogP contribution >= 0.6 is 11.6 Å². The van der Waals surface area contributed by atoms with Crippen LogP contribution in [0, 0.1) is 0 Å². The van der Waals surface area contributed by atoms with Crippen molar-refractivity contribution >= 4 is 17.4 Å². The lowest BCUT2D eigenvalue weighted by Gasteiger charge is -2.07. The van der Waals surface area contributed by atoms with Crippen LogP contribution in [-0.4, -0.2) is 17.4 Å². The third kappa shape index (κ3) is 2.68. The van der Waals surface area contributed by atoms with E-state index >= 15 is 0 Å². The molecule has 0 N–H and O–H groups in total. The maximum atomic E-state index is 12.1. The Morgan fingerprint density at radius 2 is 2.10 bits per heavy atom. The van der Waals surface area contributed by atoms with Crippen molar-refractivity contribution in [1.29, 1.82) is 0 Å². The summed E-state index contributed by atoms with van der Waals surface area (Å²) in [6.07, 6.45) is 4.93. The Kier molecular flexibility index (Phi) is 3.70. The second-order valence-electron chi connectivity index (χ2n) is 4.84. The van der Waals surface area contributed by atoms with Gasteiger partial charge in [-0.05, 0) is 48.6 Å². The Hall–Kier alpha value is -1.87. The molecule has 0 fully saturated rings. The van der Waals surface area contributed by atoms with Crippen LogP contribution in [0.4, 0.5) is 0 Å². The number of benzene rings is 1. The summed E-state index contributed by atoms with van der Waals surface area (Å²) < 4.78 is 5.43. The SMILES string of the molecule is O=C(COc1cccnc1Cl)c1ccc2c(c1)CCC2. The van der Waals surface area contributed by atoms with E-state index < -0.39 is 0 Å². The van der Waals surface area contributed by atoms with Crippen LogP contribution < -0.4 is 4.74 Å². The number of halogens is 1. The summed E-state index contributed by atoms with van der Waals surface area (Å²) >= 11 is 5.88. The van der Waals surface area contributed by atoms with Gasteiger partial charge in [0.25, 0.3) is 0 Å². The predicted molar refractivity (Wildman–Crippen MR) is 77.5 cm³/mol. The van der Waals surface area contributed by atoms with Gasteiger partial charge in [0.2, 0.25) is 0 Å². The third-order valence-corrected chi connectivity index (χ3v) is 3.79. The number of ether oxygens (including phenoxy) is 1. The second kappa shape index (κ2) is 5.63. The van der Waals surface area contributed by atoms with Crippen molar-refractivity contribution in [1.82, 2.24) is 4.98 Å². The lowest BCUT2D eigenvalue weighted by atomic mass is 10.0. The molecule has 0 saturated heterocycles. The Balaban J connectivity index is 1.69. The van der Waals surface area contributed by atoms with Gasteiger partial charge < -0.3 is 4.74 Å². The average Bonchev–Trinajstić information content (AvgIpc) is 2.93. The molecule has 1 aliphatic carbocycles. The van der Waals surface area contributed by atoms with E-state index in [1.807, 2.05) is 18.2 Å². The topological polar surface area (TPSA) is 39.2 Å². The highest BCUT2D eigenvalue weighted by Crippen LogP contribution is 2.24. The molecular weight excluding hydrogens is 274 g/mol. The number of aryl methyl sites for hydroxylation is 2. The van der Waals surface area contributed by atoms with Crippen LogP contribution in [0.15, 0.2) is 36.5 Å². The molecule has 2 aromatic rings. The predicted octanol–water partition coefficient (Wildman–Crippen LogP) is 3.49. The Morgan fingerprint density at radius 1 is 1.25 bits per heavy atom. The van der Waals surface area contributed by atoms with Crippen molar-refractivity contribution in [2.45, 2.75) is 19.3 Å². The molecule has 3 rings (SSSR count). The lowest BCUT2D eigenvalue weighted by Crippen LogP contribution is -2.12. The molecule has 0 radical (unpaired) electrons. The molecule has 0 unspecified atom stereocenters. The number of Topliss-reactive ketones (excluding diaryl/α,β-unsaturated/α-hetero) is 1. The van der Waals surface area contributed by atoms with E-state index in [-0.39, 0.29) is 17.5 Å². The number of pyridine rings is 1. The summed E-state index contributed by atoms with van der Waals surface area (Å²) in [5.41, 5.74) is 3.35. The van der Waals surface area contributed by atoms with Gasteiger partial charge in [-0.15, -0.1) is 0 Å². The maximum Gasteiger partial charge on any atom is 0.200 e. The van der Waals surface area contributed by atoms with Crippen LogP contribution in [0.25, 0.3) is 0 Å². The largest absolute Gasteiger partial charge is 0.482 e. The molecule has 3 nitrogen and oxygen atoms in total. The molecule has 102 valence electrons. The number of carbonyl (C=O) groups is 1. The number of ketones is 1. The Morgan fingerprint density at radius 3 is 2.95 bits per heavy atom. The molecule has 4 heteroatoms. The molecule has 1 aliphatic rings. The van der Waals surface area contributed by atoms with E-state index in [0.717, 1.165) is 12.8 Å². The molecule has 20 heavy (non-hydrogen) atoms. The Bertz CT molecular complexity index is 655. The number of fused-ring (bicyclic) bond motifs is 1. The van der Waals surface area contributed by atoms with Crippen LogP contribution in [0.1, 0.15) is 27.9 Å². The molecule has 1 heterocycles. The normalized spacial score (nSPS) is 13.1. The van der Waals surface area contributed by atoms with Gasteiger partial charge in [-0.3, -0.25) is 4.79 Å². The summed E-state index contributed by atoms with van der Waals surface area (Å²) in [7, 11) is 0. The maximum absolute atomic E-state index is 12.1. The van der Waals surface area contributed by atoms with E-state index in [1.165, 1.54) is 17.5 Å². The van der Waals surface area contributed by atoms with E-state index in [0.29, 0.717) is 11.3 Å². The summed E-state index contributed by atoms with van der Waals surface area (Å²) in [5.74, 6) is 0.392. The van der Waals surface area contributed by atoms with Gasteiger partial charge in [0.15, 0.2) is 23.3 Å². The number of hydrogen-bond acceptors (Lipinski definition) is 3. The first-order valence-electron chi connectivity index (χ1n) is 6.62. The fraction of sp³-hybridized carbons (Fsp3) is 0.250. The first-order valence-corrected chi connectivity index (χ1v) is 7.00. The summed E-state index contributed by atoms with van der Waals surface area (Å²) in [5, 5.41) is 0.272. The first-order chi connectivity index (χ1) is 9.74. The monoisotopic (exact) mass is 287 g/mol. The van der Waals surface area contributed by atoms with Crippen LogP contribution in [0.2, 0.25) is 5.15 Å². The minimum absolute atomic E-state index is 0.0236. The van der Waals surface area contributed by atoms with E-state index in [9.17, 15) is 4.79 Å². The average molecular weight is 288 g/mol. The third-order valence-electron chi connectivity index (χ3n) is 3.50. The van der Waals surface area contributed by atoms with E-state index in [2.05, 4.69) is 4.98 Å². The minimum atomic E-state index is -0.0420. The molecule has 1 aromatic carbocycles. The van der Waals surface area contributed by atoms with E-state index in [4.69, 9.17) is 16.3 Å². The smallest absolute Gasteiger partial charge is 0.200 e. The van der Waals surface area contributed by atoms with Gasteiger partial charge in [-0.2, -0.15) is 0 Å². The van der Waals surface area contributed by atoms with Gasteiger partial charge >= 0.3 is 0 Å². The number of carbonyl (C=O) groups excluding carboxylic acids is 1. The van der Waals surface area contributed by atoms with Crippen molar-refractivity contribution < 1.29 is 9.53 Å². The number of aromatic nitrogens is 1. The lowest BCUT2D eigenvalue weighted by molar-refractivity contribution is 0.0921. The van der Waals surface area contributed by atoms with Crippen molar-refractivity contribution in [3.63, 3.8) is 0 Å². The fourth-order valence-electron chi connectivity index (χ4n) is 2.45. The number of nitrogens with zero attached hydrogens (tertiary/aromatic N) is 1. The molecule has 0 amide bonds. The molecular formula is C16H14ClNO2. The highest BCUT2D eigenvalue weighted by Gasteiger charge is 2.14. The summed E-state index contributed by atoms with van der Waals surface area (Å²) in [6.45, 7) is -0.0236. The molecule has 0 spiro atoms. The van der Waals surface area contributed by atoms with Crippen molar-refractivity contribution in [2.75, 3.05) is 6.61 Å². The highest BCUT2D eigenvalue weighted by molar-refractivity contribution is 6.30. The summed E-state index contributed by atoms with van der Waals surface area (Å²) in [4.78, 5) is 16.0. The van der Waals surface area contributed by atoms with Crippen LogP contribution in [0.5, 0.6) is 5.75 Å². The van der Waals surface area contributed by atoms with E-state index in [1.54, 1.807) is 18.3 Å². The number of rotatable bonds is 4. The fourth-order valence-corrected chi connectivity index (χ4v) is 2.62. The van der Waals surface area contributed by atoms with Gasteiger partial charge in [-0.25, -0.2) is 4.98 Å². The molecule has 0 saturated carbocycles. The van der Waals surface area contributed by atoms with Gasteiger partial charge in [0.1, 0.15) is 0 Å². The van der Waals surface area contributed by atoms with Crippen LogP contribution in [0.3, 0.4) is 0 Å². The quantitative estimate of drug-likeness (QED) is 0.638. The molecule has 1 aromatic heterocycles. The zero-order valence-electron chi connectivity index (χ0n) is 10.9. The van der Waals surface area contributed by atoms with Crippen molar-refractivity contribution in [3.8, 4) is 5.75 Å². The standard InChI is InChI=1S/C16H14ClNO2/c17-16-15(5-2-8-18-16)20-10-14(19)13-7-6-11-3-1-4-12(11)9-13/h2,5-9H,1,3-4,10H2. The van der Waals surface area contributed by atoms with Gasteiger partial charge in [0, 0.05) is 11.8 Å². The zero-order chi connectivity index (χ0) is 13.9. The molecule has 0 aliphatic heterocycles. The molecule has 0 atom stereocenters. The highest BCUT2D eigenvalue weighted by atomic mass is 35.5. The second-order valence-corrected chi connectivity index (χ2v) is 5.20. The summed E-state index contributed by atoms with van der Waals surface area (Å²) in [6, 6.07) is 9.33. The molecule has 0 bridgehead atoms. The number of hydrogen-bond donors (Lipinski definition) is 0. The van der Waals surface area contributed by atoms with Gasteiger partial charge in [0.05, 0.1) is 0 Å². The Labute approximate surface area is 122 Å². The van der Waals surface area contributed by atoms with Crippen molar-refractivity contribution in [3.05, 3.63) is 58.4 Å². The zero-order valence-corrected chi connectivity index (χ0v) is 11.7. The minimum Gasteiger partial charge on any atom is -0.482 e. The van der Waals surface area contributed by atoms with Crippen LogP contribution in [-0.2, 0) is 12.8 Å². The van der Waals surface area contributed by atoms with Gasteiger partial charge in [-0.1, -0.05) is 23.7 Å². The first kappa shape index (κ1) is 13.1.